The van der Waals surface area contributed by atoms with E-state index in [0.29, 0.717) is 6.54 Å². The SMILES string of the molecule is CC(C)(C)c1cc(N2CCCC(CNS(N)(=O)=O)C2)nc(C(C)(C)C)n1. The monoisotopic (exact) mass is 383 g/mol. The molecule has 1 aromatic heterocycles. The molecule has 0 spiro atoms. The molecule has 8 heteroatoms. The summed E-state index contributed by atoms with van der Waals surface area (Å²) in [5, 5.41) is 5.06. The average Bonchev–Trinajstić information content (AvgIpc) is 2.50. The molecule has 0 amide bonds. The van der Waals surface area contributed by atoms with Crippen LogP contribution in [0.3, 0.4) is 0 Å². The molecule has 1 fully saturated rings. The second kappa shape index (κ2) is 7.40. The maximum atomic E-state index is 11.2. The number of nitrogens with zero attached hydrogens (tertiary/aromatic N) is 3. The van der Waals surface area contributed by atoms with Gasteiger partial charge in [0.05, 0.1) is 5.69 Å². The second-order valence-electron chi connectivity index (χ2n) is 9.28. The van der Waals surface area contributed by atoms with Crippen molar-refractivity contribution in [1.29, 1.82) is 0 Å². The van der Waals surface area contributed by atoms with Gasteiger partial charge in [0.15, 0.2) is 0 Å². The van der Waals surface area contributed by atoms with Crippen LogP contribution in [0.25, 0.3) is 0 Å². The Morgan fingerprint density at radius 3 is 2.38 bits per heavy atom. The van der Waals surface area contributed by atoms with E-state index in [9.17, 15) is 8.42 Å². The van der Waals surface area contributed by atoms with Crippen molar-refractivity contribution in [2.45, 2.75) is 65.2 Å². The molecule has 7 nitrogen and oxygen atoms in total. The first-order chi connectivity index (χ1) is 11.8. The van der Waals surface area contributed by atoms with Gasteiger partial charge in [0.1, 0.15) is 11.6 Å². The Bertz CT molecular complexity index is 703. The summed E-state index contributed by atoms with van der Waals surface area (Å²) in [5.74, 6) is 1.98. The highest BCUT2D eigenvalue weighted by molar-refractivity contribution is 7.87. The van der Waals surface area contributed by atoms with Gasteiger partial charge in [-0.2, -0.15) is 8.42 Å². The molecule has 148 valence electrons. The predicted octanol–water partition coefficient (Wildman–Crippen LogP) is 2.08. The van der Waals surface area contributed by atoms with E-state index in [-0.39, 0.29) is 16.7 Å². The Labute approximate surface area is 158 Å². The average molecular weight is 384 g/mol. The van der Waals surface area contributed by atoms with Crippen LogP contribution in [-0.4, -0.2) is 38.0 Å². The number of piperidine rings is 1. The second-order valence-corrected chi connectivity index (χ2v) is 10.7. The lowest BCUT2D eigenvalue weighted by Crippen LogP contribution is -2.43. The molecule has 2 rings (SSSR count). The van der Waals surface area contributed by atoms with Crippen LogP contribution in [0, 0.1) is 5.92 Å². The summed E-state index contributed by atoms with van der Waals surface area (Å²) in [5.41, 5.74) is 0.819. The lowest BCUT2D eigenvalue weighted by atomic mass is 9.90. The maximum absolute atomic E-state index is 11.2. The van der Waals surface area contributed by atoms with Gasteiger partial charge in [-0.25, -0.2) is 19.8 Å². The topological polar surface area (TPSA) is 101 Å². The highest BCUT2D eigenvalue weighted by atomic mass is 32.2. The summed E-state index contributed by atoms with van der Waals surface area (Å²) in [4.78, 5) is 11.9. The molecule has 0 bridgehead atoms. The van der Waals surface area contributed by atoms with E-state index in [1.165, 1.54) is 0 Å². The van der Waals surface area contributed by atoms with Crippen molar-refractivity contribution in [2.24, 2.45) is 11.1 Å². The van der Waals surface area contributed by atoms with Crippen LogP contribution in [0.15, 0.2) is 6.07 Å². The zero-order chi connectivity index (χ0) is 19.8. The highest BCUT2D eigenvalue weighted by Crippen LogP contribution is 2.29. The minimum absolute atomic E-state index is 0.0674. The standard InChI is InChI=1S/C18H33N5O2S/c1-17(2,3)14-10-15(22-16(21-14)18(4,5)6)23-9-7-8-13(12-23)11-20-26(19,24)25/h10,13,20H,7-9,11-12H2,1-6H3,(H2,19,24,25). The van der Waals surface area contributed by atoms with Gasteiger partial charge in [0.2, 0.25) is 0 Å². The number of hydrogen-bond acceptors (Lipinski definition) is 5. The Kier molecular flexibility index (Phi) is 5.99. The Morgan fingerprint density at radius 1 is 1.19 bits per heavy atom. The van der Waals surface area contributed by atoms with E-state index in [2.05, 4.69) is 57.2 Å². The number of nitrogens with one attached hydrogen (secondary N) is 1. The Hall–Kier alpha value is -1.25. The molecule has 1 unspecified atom stereocenters. The van der Waals surface area contributed by atoms with Crippen molar-refractivity contribution in [1.82, 2.24) is 14.7 Å². The zero-order valence-electron chi connectivity index (χ0n) is 16.8. The normalized spacial score (nSPS) is 19.7. The fourth-order valence-electron chi connectivity index (χ4n) is 2.99. The fourth-order valence-corrected chi connectivity index (χ4v) is 3.46. The van der Waals surface area contributed by atoms with E-state index in [4.69, 9.17) is 15.1 Å². The van der Waals surface area contributed by atoms with Crippen LogP contribution in [-0.2, 0) is 21.0 Å². The van der Waals surface area contributed by atoms with Gasteiger partial charge in [-0.3, -0.25) is 0 Å². The smallest absolute Gasteiger partial charge is 0.274 e. The maximum Gasteiger partial charge on any atom is 0.274 e. The Balaban J connectivity index is 2.28. The van der Waals surface area contributed by atoms with Gasteiger partial charge >= 0.3 is 0 Å². The quantitative estimate of drug-likeness (QED) is 0.829. The first-order valence-electron chi connectivity index (χ1n) is 9.18. The highest BCUT2D eigenvalue weighted by Gasteiger charge is 2.27. The van der Waals surface area contributed by atoms with Crippen LogP contribution in [0.1, 0.15) is 65.9 Å². The van der Waals surface area contributed by atoms with Gasteiger partial charge < -0.3 is 4.90 Å². The van der Waals surface area contributed by atoms with E-state index >= 15 is 0 Å². The third kappa shape index (κ3) is 5.89. The summed E-state index contributed by atoms with van der Waals surface area (Å²) in [6, 6.07) is 2.07. The van der Waals surface area contributed by atoms with Gasteiger partial charge in [-0.15, -0.1) is 0 Å². The molecule has 0 saturated carbocycles. The van der Waals surface area contributed by atoms with Gasteiger partial charge in [-0.05, 0) is 18.8 Å². The molecular weight excluding hydrogens is 350 g/mol. The molecular formula is C18H33N5O2S. The van der Waals surface area contributed by atoms with Crippen LogP contribution < -0.4 is 14.8 Å². The molecule has 3 N–H and O–H groups in total. The van der Waals surface area contributed by atoms with Crippen molar-refractivity contribution in [3.63, 3.8) is 0 Å². The summed E-state index contributed by atoms with van der Waals surface area (Å²) in [7, 11) is -3.65. The van der Waals surface area contributed by atoms with Crippen LogP contribution in [0.2, 0.25) is 0 Å². The molecule has 26 heavy (non-hydrogen) atoms. The fraction of sp³-hybridized carbons (Fsp3) is 0.778. The molecule has 1 saturated heterocycles. The van der Waals surface area contributed by atoms with Crippen LogP contribution >= 0.6 is 0 Å². The Morgan fingerprint density at radius 2 is 1.85 bits per heavy atom. The third-order valence-electron chi connectivity index (χ3n) is 4.57. The number of rotatable bonds is 4. The van der Waals surface area contributed by atoms with Crippen LogP contribution in [0.4, 0.5) is 5.82 Å². The lowest BCUT2D eigenvalue weighted by molar-refractivity contribution is 0.407. The minimum Gasteiger partial charge on any atom is -0.356 e. The molecule has 1 aromatic rings. The summed E-state index contributed by atoms with van der Waals surface area (Å²) < 4.78 is 24.8. The van der Waals surface area contributed by atoms with Crippen molar-refractivity contribution in [3.05, 3.63) is 17.6 Å². The zero-order valence-corrected chi connectivity index (χ0v) is 17.7. The molecule has 1 aliphatic rings. The van der Waals surface area contributed by atoms with Crippen molar-refractivity contribution < 1.29 is 8.42 Å². The first kappa shape index (κ1) is 21.1. The van der Waals surface area contributed by atoms with Gasteiger partial charge in [-0.1, -0.05) is 41.5 Å². The summed E-state index contributed by atoms with van der Waals surface area (Å²) in [6.45, 7) is 14.8. The van der Waals surface area contributed by atoms with E-state index < -0.39 is 10.2 Å². The van der Waals surface area contributed by atoms with Crippen LogP contribution in [0.5, 0.6) is 0 Å². The van der Waals surface area contributed by atoms with Gasteiger partial charge in [0.25, 0.3) is 10.2 Å². The molecule has 1 aliphatic heterocycles. The number of hydrogen-bond donors (Lipinski definition) is 2. The van der Waals surface area contributed by atoms with Crippen molar-refractivity contribution >= 4 is 16.0 Å². The van der Waals surface area contributed by atoms with E-state index in [1.807, 2.05) is 0 Å². The molecule has 1 atom stereocenters. The van der Waals surface area contributed by atoms with Gasteiger partial charge in [0, 0.05) is 36.5 Å². The largest absolute Gasteiger partial charge is 0.356 e. The molecule has 0 aliphatic carbocycles. The lowest BCUT2D eigenvalue weighted by Gasteiger charge is -2.35. The van der Waals surface area contributed by atoms with Crippen molar-refractivity contribution in [2.75, 3.05) is 24.5 Å². The predicted molar refractivity (Wildman–Crippen MR) is 105 cm³/mol. The molecule has 2 heterocycles. The molecule has 0 aromatic carbocycles. The molecule has 0 radical (unpaired) electrons. The first-order valence-corrected chi connectivity index (χ1v) is 10.7. The number of nitrogens with two attached hydrogens (primary N) is 1. The summed E-state index contributed by atoms with van der Waals surface area (Å²) >= 11 is 0. The third-order valence-corrected chi connectivity index (χ3v) is 5.14. The van der Waals surface area contributed by atoms with Crippen molar-refractivity contribution in [3.8, 4) is 0 Å². The van der Waals surface area contributed by atoms with E-state index in [0.717, 1.165) is 43.3 Å². The number of aromatic nitrogens is 2. The summed E-state index contributed by atoms with van der Waals surface area (Å²) in [6.07, 6.45) is 1.97. The minimum atomic E-state index is -3.65. The van der Waals surface area contributed by atoms with E-state index in [1.54, 1.807) is 0 Å². The number of anilines is 1.